The molecule has 2 rings (SSSR count). The minimum atomic E-state index is -2.02. The van der Waals surface area contributed by atoms with Gasteiger partial charge in [-0.2, -0.15) is 0 Å². The number of amides is 1. The maximum atomic E-state index is 13.6. The van der Waals surface area contributed by atoms with E-state index in [-0.39, 0.29) is 5.92 Å². The molecule has 2 aromatic rings. The molecule has 0 saturated carbocycles. The molecule has 8 heteroatoms. The third kappa shape index (κ3) is 2.95. The first-order valence-electron chi connectivity index (χ1n) is 6.46. The molecule has 0 fully saturated rings. The van der Waals surface area contributed by atoms with Crippen molar-refractivity contribution in [2.24, 2.45) is 5.92 Å². The van der Waals surface area contributed by atoms with Gasteiger partial charge in [-0.3, -0.25) is 4.79 Å². The Morgan fingerprint density at radius 1 is 1.18 bits per heavy atom. The van der Waals surface area contributed by atoms with E-state index in [1.54, 1.807) is 13.8 Å². The van der Waals surface area contributed by atoms with Crippen LogP contribution in [0, 0.1) is 29.2 Å². The fourth-order valence-electron chi connectivity index (χ4n) is 1.96. The lowest BCUT2D eigenvalue weighted by Crippen LogP contribution is -2.33. The Morgan fingerprint density at radius 3 is 2.41 bits per heavy atom. The first-order chi connectivity index (χ1) is 10.3. The fraction of sp³-hybridized carbons (Fsp3) is 0.286. The molecule has 4 nitrogen and oxygen atoms in total. The summed E-state index contributed by atoms with van der Waals surface area (Å²) in [6, 6.07) is -0.305. The molecule has 1 amide bonds. The summed E-state index contributed by atoms with van der Waals surface area (Å²) in [4.78, 5) is 18.8. The molecule has 0 spiro atoms. The lowest BCUT2D eigenvalue weighted by Gasteiger charge is -2.20. The van der Waals surface area contributed by atoms with Crippen molar-refractivity contribution in [3.63, 3.8) is 0 Å². The van der Waals surface area contributed by atoms with Crippen LogP contribution in [0.3, 0.4) is 0 Å². The van der Waals surface area contributed by atoms with Crippen molar-refractivity contribution in [3.05, 3.63) is 53.1 Å². The van der Waals surface area contributed by atoms with Gasteiger partial charge in [0.25, 0.3) is 5.91 Å². The van der Waals surface area contributed by atoms with E-state index in [1.807, 2.05) is 0 Å². The number of H-pyrrole nitrogens is 1. The lowest BCUT2D eigenvalue weighted by atomic mass is 10.0. The van der Waals surface area contributed by atoms with E-state index in [4.69, 9.17) is 0 Å². The highest BCUT2D eigenvalue weighted by molar-refractivity contribution is 5.94. The summed E-state index contributed by atoms with van der Waals surface area (Å²) in [5.74, 6) is -8.14. The average Bonchev–Trinajstić information content (AvgIpc) is 2.99. The number of halogens is 4. The molecule has 0 unspecified atom stereocenters. The van der Waals surface area contributed by atoms with E-state index >= 15 is 0 Å². The van der Waals surface area contributed by atoms with E-state index in [0.717, 1.165) is 0 Å². The monoisotopic (exact) mass is 315 g/mol. The molecule has 0 saturated heterocycles. The topological polar surface area (TPSA) is 57.8 Å². The Kier molecular flexibility index (Phi) is 4.48. The number of hydrogen-bond acceptors (Lipinski definition) is 2. The predicted octanol–water partition coefficient (Wildman–Crippen LogP) is 3.09. The first kappa shape index (κ1) is 16.0. The van der Waals surface area contributed by atoms with Gasteiger partial charge >= 0.3 is 0 Å². The van der Waals surface area contributed by atoms with E-state index in [0.29, 0.717) is 11.9 Å². The van der Waals surface area contributed by atoms with Crippen LogP contribution in [0.4, 0.5) is 17.6 Å². The fourth-order valence-corrected chi connectivity index (χ4v) is 1.96. The number of imidazole rings is 1. The lowest BCUT2D eigenvalue weighted by molar-refractivity contribution is 0.0917. The Bertz CT molecular complexity index is 686. The Labute approximate surface area is 123 Å². The number of nitrogens with one attached hydrogen (secondary N) is 2. The van der Waals surface area contributed by atoms with Crippen LogP contribution >= 0.6 is 0 Å². The molecule has 22 heavy (non-hydrogen) atoms. The smallest absolute Gasteiger partial charge is 0.255 e. The highest BCUT2D eigenvalue weighted by Gasteiger charge is 2.26. The molecule has 0 radical (unpaired) electrons. The van der Waals surface area contributed by atoms with Gasteiger partial charge in [-0.1, -0.05) is 13.8 Å². The number of benzene rings is 1. The Hall–Kier alpha value is -2.38. The van der Waals surface area contributed by atoms with Crippen molar-refractivity contribution in [1.82, 2.24) is 15.3 Å². The van der Waals surface area contributed by atoms with Crippen molar-refractivity contribution in [2.45, 2.75) is 19.9 Å². The predicted molar refractivity (Wildman–Crippen MR) is 69.9 cm³/mol. The summed E-state index contributed by atoms with van der Waals surface area (Å²) in [7, 11) is 0. The zero-order valence-electron chi connectivity index (χ0n) is 11.8. The van der Waals surface area contributed by atoms with Crippen LogP contribution in [0.15, 0.2) is 18.5 Å². The molecule has 0 aliphatic rings. The SMILES string of the molecule is CC(C)[C@H](NC(=O)c1cc(F)c(F)c(F)c1F)c1ncc[nH]1. The number of rotatable bonds is 4. The standard InChI is InChI=1S/C14H13F4N3O/c1-6(2)12(13-19-3-4-20-13)21-14(22)7-5-8(15)10(17)11(18)9(7)16/h3-6,12H,1-2H3,(H,19,20)(H,21,22)/t12-/m0/s1. The first-order valence-corrected chi connectivity index (χ1v) is 6.46. The second kappa shape index (κ2) is 6.17. The third-order valence-corrected chi connectivity index (χ3v) is 3.11. The number of aromatic amines is 1. The summed E-state index contributed by atoms with van der Waals surface area (Å²) in [6.07, 6.45) is 3.00. The van der Waals surface area contributed by atoms with Crippen molar-refractivity contribution in [2.75, 3.05) is 0 Å². The summed E-state index contributed by atoms with van der Waals surface area (Å²) >= 11 is 0. The molecule has 0 bridgehead atoms. The minimum Gasteiger partial charge on any atom is -0.347 e. The molecular formula is C14H13F4N3O. The highest BCUT2D eigenvalue weighted by Crippen LogP contribution is 2.22. The number of aromatic nitrogens is 2. The van der Waals surface area contributed by atoms with Crippen LogP contribution in [0.2, 0.25) is 0 Å². The molecular weight excluding hydrogens is 302 g/mol. The number of carbonyl (C=O) groups excluding carboxylic acids is 1. The number of nitrogens with zero attached hydrogens (tertiary/aromatic N) is 1. The van der Waals surface area contributed by atoms with Crippen LogP contribution in [-0.4, -0.2) is 15.9 Å². The quantitative estimate of drug-likeness (QED) is 0.517. The summed E-state index contributed by atoms with van der Waals surface area (Å²) < 4.78 is 52.9. The zero-order chi connectivity index (χ0) is 16.4. The number of carbonyl (C=O) groups is 1. The van der Waals surface area contributed by atoms with Crippen LogP contribution in [-0.2, 0) is 0 Å². The van der Waals surface area contributed by atoms with Gasteiger partial charge < -0.3 is 10.3 Å². The van der Waals surface area contributed by atoms with E-state index in [9.17, 15) is 22.4 Å². The van der Waals surface area contributed by atoms with Crippen LogP contribution in [0.25, 0.3) is 0 Å². The summed E-state index contributed by atoms with van der Waals surface area (Å²) in [5.41, 5.74) is -0.909. The molecule has 118 valence electrons. The molecule has 1 heterocycles. The van der Waals surface area contributed by atoms with Crippen molar-refractivity contribution >= 4 is 5.91 Å². The average molecular weight is 315 g/mol. The van der Waals surface area contributed by atoms with Gasteiger partial charge in [0.05, 0.1) is 11.6 Å². The maximum absolute atomic E-state index is 13.6. The summed E-state index contributed by atoms with van der Waals surface area (Å²) in [6.45, 7) is 3.55. The minimum absolute atomic E-state index is 0.131. The van der Waals surface area contributed by atoms with Crippen LogP contribution in [0.1, 0.15) is 36.1 Å². The van der Waals surface area contributed by atoms with Gasteiger partial charge in [0.2, 0.25) is 0 Å². The van der Waals surface area contributed by atoms with Crippen molar-refractivity contribution in [1.29, 1.82) is 0 Å². The largest absolute Gasteiger partial charge is 0.347 e. The highest BCUT2D eigenvalue weighted by atomic mass is 19.2. The second-order valence-electron chi connectivity index (χ2n) is 5.02. The molecule has 1 aromatic carbocycles. The van der Waals surface area contributed by atoms with E-state index in [2.05, 4.69) is 15.3 Å². The Morgan fingerprint density at radius 2 is 1.86 bits per heavy atom. The second-order valence-corrected chi connectivity index (χ2v) is 5.02. The molecule has 0 aliphatic heterocycles. The van der Waals surface area contributed by atoms with Gasteiger partial charge in [0, 0.05) is 12.4 Å². The molecule has 0 aliphatic carbocycles. The van der Waals surface area contributed by atoms with Gasteiger partial charge in [-0.15, -0.1) is 0 Å². The third-order valence-electron chi connectivity index (χ3n) is 3.11. The van der Waals surface area contributed by atoms with E-state index < -0.39 is 40.8 Å². The molecule has 1 atom stereocenters. The zero-order valence-corrected chi connectivity index (χ0v) is 11.8. The normalized spacial score (nSPS) is 12.5. The van der Waals surface area contributed by atoms with Crippen LogP contribution in [0.5, 0.6) is 0 Å². The maximum Gasteiger partial charge on any atom is 0.255 e. The van der Waals surface area contributed by atoms with Crippen LogP contribution < -0.4 is 5.32 Å². The molecule has 1 aromatic heterocycles. The van der Waals surface area contributed by atoms with Gasteiger partial charge in [-0.05, 0) is 12.0 Å². The summed E-state index contributed by atoms with van der Waals surface area (Å²) in [5, 5.41) is 2.42. The van der Waals surface area contributed by atoms with Crippen molar-refractivity contribution < 1.29 is 22.4 Å². The number of hydrogen-bond donors (Lipinski definition) is 2. The van der Waals surface area contributed by atoms with E-state index in [1.165, 1.54) is 12.4 Å². The van der Waals surface area contributed by atoms with Gasteiger partial charge in [0.1, 0.15) is 5.82 Å². The van der Waals surface area contributed by atoms with Crippen molar-refractivity contribution in [3.8, 4) is 0 Å². The Balaban J connectivity index is 2.32. The van der Waals surface area contributed by atoms with Gasteiger partial charge in [0.15, 0.2) is 23.3 Å². The molecule has 2 N–H and O–H groups in total. The van der Waals surface area contributed by atoms with Gasteiger partial charge in [-0.25, -0.2) is 22.5 Å².